The molecule has 0 aliphatic heterocycles. The predicted octanol–water partition coefficient (Wildman–Crippen LogP) is 4.41. The first kappa shape index (κ1) is 21.4. The Balaban J connectivity index is 2.35. The van der Waals surface area contributed by atoms with Gasteiger partial charge in [0, 0.05) is 6.92 Å². The fraction of sp³-hybridized carbons (Fsp3) is 0.571. The van der Waals surface area contributed by atoms with Crippen molar-refractivity contribution in [1.82, 2.24) is 0 Å². The number of hydrogen-bond acceptors (Lipinski definition) is 4. The molecule has 0 aliphatic carbocycles. The van der Waals surface area contributed by atoms with Crippen molar-refractivity contribution in [3.05, 3.63) is 48.0 Å². The molecule has 0 saturated carbocycles. The Morgan fingerprint density at radius 2 is 1.88 bits per heavy atom. The molecule has 1 aromatic carbocycles. The van der Waals surface area contributed by atoms with E-state index in [2.05, 4.69) is 6.92 Å². The molecule has 25 heavy (non-hydrogen) atoms. The molecule has 0 aliphatic rings. The number of rotatable bonds is 13. The van der Waals surface area contributed by atoms with Gasteiger partial charge in [-0.1, -0.05) is 69.0 Å². The Kier molecular flexibility index (Phi) is 11.7. The van der Waals surface area contributed by atoms with Gasteiger partial charge in [-0.3, -0.25) is 4.79 Å². The highest BCUT2D eigenvalue weighted by Crippen LogP contribution is 2.09. The van der Waals surface area contributed by atoms with E-state index in [1.54, 1.807) is 6.08 Å². The number of ether oxygens (including phenoxy) is 2. The lowest BCUT2D eigenvalue weighted by molar-refractivity contribution is -0.150. The molecular formula is C21H32O4. The number of unbranched alkanes of at least 4 members (excludes halogenated alkanes) is 5. The molecule has 0 heterocycles. The molecular weight excluding hydrogens is 316 g/mol. The normalized spacial score (nSPS) is 13.7. The first-order valence-electron chi connectivity index (χ1n) is 9.27. The van der Waals surface area contributed by atoms with Crippen molar-refractivity contribution in [2.45, 2.75) is 71.2 Å². The van der Waals surface area contributed by atoms with Gasteiger partial charge in [0.25, 0.3) is 0 Å². The van der Waals surface area contributed by atoms with Crippen LogP contribution in [0.4, 0.5) is 0 Å². The third-order valence-corrected chi connectivity index (χ3v) is 3.88. The fourth-order valence-electron chi connectivity index (χ4n) is 2.50. The number of aliphatic hydroxyl groups excluding tert-OH is 1. The first-order chi connectivity index (χ1) is 12.1. The molecule has 0 bridgehead atoms. The van der Waals surface area contributed by atoms with Crippen LogP contribution in [0, 0.1) is 0 Å². The number of aliphatic hydroxyl groups is 1. The highest BCUT2D eigenvalue weighted by molar-refractivity contribution is 5.66. The lowest BCUT2D eigenvalue weighted by Gasteiger charge is -2.20. The summed E-state index contributed by atoms with van der Waals surface area (Å²) in [6.07, 6.45) is 9.25. The zero-order valence-corrected chi connectivity index (χ0v) is 15.5. The van der Waals surface area contributed by atoms with Crippen molar-refractivity contribution in [2.24, 2.45) is 0 Å². The highest BCUT2D eigenvalue weighted by atomic mass is 16.6. The summed E-state index contributed by atoms with van der Waals surface area (Å²) in [5, 5.41) is 10.3. The van der Waals surface area contributed by atoms with Gasteiger partial charge in [-0.25, -0.2) is 0 Å². The highest BCUT2D eigenvalue weighted by Gasteiger charge is 2.19. The Bertz CT molecular complexity index is 484. The van der Waals surface area contributed by atoms with Gasteiger partial charge in [-0.15, -0.1) is 0 Å². The molecule has 0 aromatic heterocycles. The van der Waals surface area contributed by atoms with Crippen LogP contribution in [0.3, 0.4) is 0 Å². The molecule has 0 spiro atoms. The molecule has 140 valence electrons. The van der Waals surface area contributed by atoms with E-state index in [-0.39, 0.29) is 6.61 Å². The lowest BCUT2D eigenvalue weighted by Crippen LogP contribution is -2.32. The number of benzene rings is 1. The van der Waals surface area contributed by atoms with Crippen LogP contribution < -0.4 is 0 Å². The summed E-state index contributed by atoms with van der Waals surface area (Å²) in [4.78, 5) is 11.3. The SMILES string of the molecule is CCCCCCC/C=C\[C@H](OC(C)=O)[C@@H](O)COCc1ccccc1. The molecule has 1 rings (SSSR count). The third-order valence-electron chi connectivity index (χ3n) is 3.88. The predicted molar refractivity (Wildman–Crippen MR) is 100 cm³/mol. The average Bonchev–Trinajstić information content (AvgIpc) is 2.60. The van der Waals surface area contributed by atoms with Crippen molar-refractivity contribution in [2.75, 3.05) is 6.61 Å². The number of hydrogen-bond donors (Lipinski definition) is 1. The van der Waals surface area contributed by atoms with Crippen LogP contribution >= 0.6 is 0 Å². The van der Waals surface area contributed by atoms with Gasteiger partial charge in [0.1, 0.15) is 12.2 Å². The van der Waals surface area contributed by atoms with Crippen LogP contribution in [0.25, 0.3) is 0 Å². The molecule has 0 saturated heterocycles. The van der Waals surface area contributed by atoms with E-state index in [0.29, 0.717) is 6.61 Å². The molecule has 1 aromatic rings. The first-order valence-corrected chi connectivity index (χ1v) is 9.27. The summed E-state index contributed by atoms with van der Waals surface area (Å²) in [6, 6.07) is 9.77. The quantitative estimate of drug-likeness (QED) is 0.326. The van der Waals surface area contributed by atoms with Gasteiger partial charge in [0.15, 0.2) is 0 Å². The second-order valence-corrected chi connectivity index (χ2v) is 6.27. The Morgan fingerprint density at radius 3 is 2.56 bits per heavy atom. The molecule has 0 radical (unpaired) electrons. The standard InChI is InChI=1S/C21H32O4/c1-3-4-5-6-7-8-12-15-21(25-18(2)22)20(23)17-24-16-19-13-10-9-11-14-19/h9-15,20-21,23H,3-8,16-17H2,1-2H3/b15-12-/t20-,21-/m0/s1. The maximum atomic E-state index is 11.3. The molecule has 0 fully saturated rings. The van der Waals surface area contributed by atoms with Crippen molar-refractivity contribution in [3.63, 3.8) is 0 Å². The Labute approximate surface area is 151 Å². The maximum absolute atomic E-state index is 11.3. The fourth-order valence-corrected chi connectivity index (χ4v) is 2.50. The van der Waals surface area contributed by atoms with Crippen molar-refractivity contribution >= 4 is 5.97 Å². The van der Waals surface area contributed by atoms with Crippen LogP contribution in [-0.2, 0) is 20.9 Å². The van der Waals surface area contributed by atoms with E-state index in [0.717, 1.165) is 18.4 Å². The zero-order valence-electron chi connectivity index (χ0n) is 15.5. The summed E-state index contributed by atoms with van der Waals surface area (Å²) < 4.78 is 10.7. The van der Waals surface area contributed by atoms with Gasteiger partial charge in [-0.2, -0.15) is 0 Å². The summed E-state index contributed by atoms with van der Waals surface area (Å²) in [6.45, 7) is 4.09. The average molecular weight is 348 g/mol. The van der Waals surface area contributed by atoms with E-state index in [4.69, 9.17) is 9.47 Å². The smallest absolute Gasteiger partial charge is 0.303 e. The molecule has 0 unspecified atom stereocenters. The Hall–Kier alpha value is -1.65. The largest absolute Gasteiger partial charge is 0.455 e. The summed E-state index contributed by atoms with van der Waals surface area (Å²) in [5.74, 6) is -0.403. The second-order valence-electron chi connectivity index (χ2n) is 6.27. The van der Waals surface area contributed by atoms with Crippen LogP contribution in [0.5, 0.6) is 0 Å². The van der Waals surface area contributed by atoms with Gasteiger partial charge >= 0.3 is 5.97 Å². The van der Waals surface area contributed by atoms with Crippen LogP contribution in [-0.4, -0.2) is 29.9 Å². The van der Waals surface area contributed by atoms with E-state index in [9.17, 15) is 9.90 Å². The van der Waals surface area contributed by atoms with E-state index in [1.165, 1.54) is 32.6 Å². The molecule has 1 N–H and O–H groups in total. The zero-order chi connectivity index (χ0) is 18.3. The van der Waals surface area contributed by atoms with Gasteiger partial charge in [0.2, 0.25) is 0 Å². The lowest BCUT2D eigenvalue weighted by atomic mass is 10.1. The molecule has 2 atom stereocenters. The number of carbonyl (C=O) groups excluding carboxylic acids is 1. The summed E-state index contributed by atoms with van der Waals surface area (Å²) >= 11 is 0. The Morgan fingerprint density at radius 1 is 1.16 bits per heavy atom. The minimum Gasteiger partial charge on any atom is -0.455 e. The van der Waals surface area contributed by atoms with Gasteiger partial charge < -0.3 is 14.6 Å². The van der Waals surface area contributed by atoms with Crippen molar-refractivity contribution in [1.29, 1.82) is 0 Å². The van der Waals surface area contributed by atoms with E-state index < -0.39 is 18.2 Å². The monoisotopic (exact) mass is 348 g/mol. The summed E-state index contributed by atoms with van der Waals surface area (Å²) in [5.41, 5.74) is 1.04. The van der Waals surface area contributed by atoms with Gasteiger partial charge in [-0.05, 0) is 24.5 Å². The van der Waals surface area contributed by atoms with Crippen LogP contribution in [0.15, 0.2) is 42.5 Å². The molecule has 0 amide bonds. The minimum absolute atomic E-state index is 0.119. The minimum atomic E-state index is -0.871. The van der Waals surface area contributed by atoms with Gasteiger partial charge in [0.05, 0.1) is 13.2 Å². The number of allylic oxidation sites excluding steroid dienone is 1. The van der Waals surface area contributed by atoms with Crippen molar-refractivity contribution < 1.29 is 19.4 Å². The number of esters is 1. The second kappa shape index (κ2) is 13.6. The van der Waals surface area contributed by atoms with E-state index in [1.807, 2.05) is 36.4 Å². The third kappa shape index (κ3) is 10.7. The number of carbonyl (C=O) groups is 1. The molecule has 4 heteroatoms. The van der Waals surface area contributed by atoms with Crippen LogP contribution in [0.2, 0.25) is 0 Å². The topological polar surface area (TPSA) is 55.8 Å². The summed E-state index contributed by atoms with van der Waals surface area (Å²) in [7, 11) is 0. The molecule has 4 nitrogen and oxygen atoms in total. The van der Waals surface area contributed by atoms with Crippen LogP contribution in [0.1, 0.15) is 57.9 Å². The van der Waals surface area contributed by atoms with Crippen molar-refractivity contribution in [3.8, 4) is 0 Å². The maximum Gasteiger partial charge on any atom is 0.303 e. The van der Waals surface area contributed by atoms with E-state index >= 15 is 0 Å².